The minimum absolute atomic E-state index is 0. The third-order valence-electron chi connectivity index (χ3n) is 1.83. The fourth-order valence-corrected chi connectivity index (χ4v) is 1.20. The Morgan fingerprint density at radius 3 is 2.67 bits per heavy atom. The molecule has 0 unspecified atom stereocenters. The molecule has 0 bridgehead atoms. The molecule has 0 atom stereocenters. The van der Waals surface area contributed by atoms with E-state index in [1.165, 1.54) is 0 Å². The van der Waals surface area contributed by atoms with E-state index in [1.807, 2.05) is 12.1 Å². The molecule has 0 saturated carbocycles. The number of nitrogens with zero attached hydrogens (tertiary/aromatic N) is 2. The molecular formula is C10H9N4Rb. The Balaban J connectivity index is 0.00000112. The fraction of sp³-hybridized carbons (Fsp3) is 0. The predicted molar refractivity (Wildman–Crippen MR) is 55.9 cm³/mol. The number of pyridine rings is 2. The monoisotopic (exact) mass is 270 g/mol. The number of rotatable bonds is 1. The minimum atomic E-state index is 0. The first-order valence-corrected chi connectivity index (χ1v) is 4.16. The van der Waals surface area contributed by atoms with Crippen molar-refractivity contribution >= 4 is 11.6 Å². The van der Waals surface area contributed by atoms with Gasteiger partial charge in [-0.3, -0.25) is 0 Å². The summed E-state index contributed by atoms with van der Waals surface area (Å²) in [6, 6.07) is 8.88. The molecule has 0 saturated heterocycles. The zero-order valence-electron chi connectivity index (χ0n) is 8.44. The van der Waals surface area contributed by atoms with Crippen LogP contribution < -0.4 is 63.9 Å². The van der Waals surface area contributed by atoms with Crippen LogP contribution in [0.25, 0.3) is 17.0 Å². The summed E-state index contributed by atoms with van der Waals surface area (Å²) in [5.41, 5.74) is 14.6. The standard InChI is InChI=1S/C10H9N4.Rb/c11-9-3-1-2-8(14-9)7-4-5-13-10(12)6-7;/h1-6H,(H3-,11,12,13,14);/q-1;+1. The van der Waals surface area contributed by atoms with Crippen molar-refractivity contribution in [3.05, 3.63) is 42.3 Å². The number of anilines is 1. The van der Waals surface area contributed by atoms with Gasteiger partial charge in [-0.05, 0) is 17.7 Å². The van der Waals surface area contributed by atoms with Crippen LogP contribution in [0, 0.1) is 0 Å². The summed E-state index contributed by atoms with van der Waals surface area (Å²) < 4.78 is 0. The molecule has 70 valence electrons. The summed E-state index contributed by atoms with van der Waals surface area (Å²) in [6.45, 7) is 0. The van der Waals surface area contributed by atoms with Crippen molar-refractivity contribution in [2.45, 2.75) is 0 Å². The molecule has 0 aliphatic carbocycles. The molecule has 0 spiro atoms. The van der Waals surface area contributed by atoms with E-state index < -0.39 is 0 Å². The van der Waals surface area contributed by atoms with Crippen molar-refractivity contribution in [3.63, 3.8) is 0 Å². The maximum atomic E-state index is 7.37. The molecule has 2 aromatic heterocycles. The van der Waals surface area contributed by atoms with Crippen molar-refractivity contribution in [1.82, 2.24) is 9.97 Å². The SMILES string of the molecule is [NH-]c1cc(-c2cccc(N)n2)ccn1.[Rb+]. The number of nitrogens with one attached hydrogen (secondary N) is 1. The number of aromatic nitrogens is 2. The third-order valence-corrected chi connectivity index (χ3v) is 1.83. The van der Waals surface area contributed by atoms with Gasteiger partial charge in [-0.2, -0.15) is 0 Å². The van der Waals surface area contributed by atoms with Crippen molar-refractivity contribution in [2.75, 3.05) is 5.73 Å². The van der Waals surface area contributed by atoms with Crippen LogP contribution in [0.1, 0.15) is 0 Å². The van der Waals surface area contributed by atoms with E-state index >= 15 is 0 Å². The topological polar surface area (TPSA) is 75.6 Å². The van der Waals surface area contributed by atoms with E-state index in [2.05, 4.69) is 9.97 Å². The summed E-state index contributed by atoms with van der Waals surface area (Å²) in [7, 11) is 0. The number of nitrogens with two attached hydrogens (primary N) is 1. The van der Waals surface area contributed by atoms with Crippen LogP contribution in [-0.2, 0) is 0 Å². The third kappa shape index (κ3) is 3.34. The summed E-state index contributed by atoms with van der Waals surface area (Å²) in [5, 5.41) is 0. The predicted octanol–water partition coefficient (Wildman–Crippen LogP) is -0.587. The summed E-state index contributed by atoms with van der Waals surface area (Å²) >= 11 is 0. The second-order valence-electron chi connectivity index (χ2n) is 2.88. The van der Waals surface area contributed by atoms with Crippen LogP contribution in [0.3, 0.4) is 0 Å². The second kappa shape index (κ2) is 5.70. The van der Waals surface area contributed by atoms with E-state index in [1.54, 1.807) is 24.4 Å². The van der Waals surface area contributed by atoms with E-state index in [0.29, 0.717) is 5.82 Å². The van der Waals surface area contributed by atoms with Gasteiger partial charge in [0.05, 0.1) is 5.69 Å². The number of nitrogen functional groups attached to an aromatic ring is 1. The van der Waals surface area contributed by atoms with Crippen molar-refractivity contribution < 1.29 is 58.2 Å². The Kier molecular flexibility index (Phi) is 4.85. The van der Waals surface area contributed by atoms with Gasteiger partial charge in [0.1, 0.15) is 5.82 Å². The average Bonchev–Trinajstić information content (AvgIpc) is 2.18. The molecule has 0 amide bonds. The molecule has 3 N–H and O–H groups in total. The molecule has 2 aromatic rings. The van der Waals surface area contributed by atoms with Crippen molar-refractivity contribution in [3.8, 4) is 11.3 Å². The molecule has 0 fully saturated rings. The van der Waals surface area contributed by atoms with Gasteiger partial charge in [-0.15, -0.1) is 0 Å². The molecule has 4 nitrogen and oxygen atoms in total. The smallest absolute Gasteiger partial charge is 0.482 e. The molecule has 2 heterocycles. The average molecular weight is 271 g/mol. The molecule has 0 radical (unpaired) electrons. The summed E-state index contributed by atoms with van der Waals surface area (Å²) in [6.07, 6.45) is 1.59. The van der Waals surface area contributed by atoms with Crippen LogP contribution >= 0.6 is 0 Å². The van der Waals surface area contributed by atoms with E-state index in [0.717, 1.165) is 11.3 Å². The Labute approximate surface area is 137 Å². The normalized spacial score (nSPS) is 9.33. The maximum Gasteiger partial charge on any atom is 1.00 e. The van der Waals surface area contributed by atoms with E-state index in [4.69, 9.17) is 11.5 Å². The Morgan fingerprint density at radius 2 is 2.00 bits per heavy atom. The number of hydrogen-bond donors (Lipinski definition) is 1. The number of hydrogen-bond acceptors (Lipinski definition) is 3. The van der Waals surface area contributed by atoms with Gasteiger partial charge in [0.2, 0.25) is 0 Å². The second-order valence-corrected chi connectivity index (χ2v) is 2.88. The maximum absolute atomic E-state index is 7.37. The van der Waals surface area contributed by atoms with Gasteiger partial charge in [0.25, 0.3) is 0 Å². The van der Waals surface area contributed by atoms with Crippen LogP contribution in [0.5, 0.6) is 0 Å². The summed E-state index contributed by atoms with van der Waals surface area (Å²) in [5.74, 6) is 0.706. The first kappa shape index (κ1) is 12.8. The molecule has 0 aliphatic rings. The van der Waals surface area contributed by atoms with Gasteiger partial charge < -0.3 is 16.5 Å². The molecule has 5 heteroatoms. The van der Waals surface area contributed by atoms with Gasteiger partial charge in [0, 0.05) is 0 Å². The first-order valence-electron chi connectivity index (χ1n) is 4.16. The largest absolute Gasteiger partial charge is 1.00 e. The molecule has 0 aliphatic heterocycles. The Bertz CT molecular complexity index is 415. The minimum Gasteiger partial charge on any atom is -0.482 e. The van der Waals surface area contributed by atoms with Crippen molar-refractivity contribution in [2.24, 2.45) is 0 Å². The zero-order valence-corrected chi connectivity index (χ0v) is 13.4. The Morgan fingerprint density at radius 1 is 1.20 bits per heavy atom. The quantitative estimate of drug-likeness (QED) is 0.753. The molecule has 2 rings (SSSR count). The van der Waals surface area contributed by atoms with Gasteiger partial charge >= 0.3 is 58.2 Å². The van der Waals surface area contributed by atoms with E-state index in [-0.39, 0.29) is 64.0 Å². The zero-order chi connectivity index (χ0) is 9.97. The first-order chi connectivity index (χ1) is 6.75. The van der Waals surface area contributed by atoms with Crippen LogP contribution in [0.4, 0.5) is 11.6 Å². The molecule has 15 heavy (non-hydrogen) atoms. The molecule has 0 aromatic carbocycles. The van der Waals surface area contributed by atoms with Crippen LogP contribution in [0.2, 0.25) is 0 Å². The van der Waals surface area contributed by atoms with Gasteiger partial charge in [-0.25, -0.2) is 4.98 Å². The fourth-order valence-electron chi connectivity index (χ4n) is 1.20. The van der Waals surface area contributed by atoms with Crippen LogP contribution in [-0.4, -0.2) is 9.97 Å². The van der Waals surface area contributed by atoms with Gasteiger partial charge in [-0.1, -0.05) is 30.2 Å². The molecular weight excluding hydrogens is 262 g/mol. The van der Waals surface area contributed by atoms with Crippen molar-refractivity contribution in [1.29, 1.82) is 0 Å². The summed E-state index contributed by atoms with van der Waals surface area (Å²) in [4.78, 5) is 7.95. The Hall–Kier alpha value is -0.295. The van der Waals surface area contributed by atoms with E-state index in [9.17, 15) is 0 Å². The van der Waals surface area contributed by atoms with Gasteiger partial charge in [0.15, 0.2) is 0 Å². The van der Waals surface area contributed by atoms with Crippen LogP contribution in [0.15, 0.2) is 36.5 Å².